The Morgan fingerprint density at radius 2 is 1.94 bits per heavy atom. The number of carbonyl (C=O) groups is 2. The Morgan fingerprint density at radius 1 is 1.13 bits per heavy atom. The number of aryl methyl sites for hydroxylation is 1. The number of Topliss-reactive ketones (excluding diaryl/α,β-unsaturated/α-hetero) is 1. The van der Waals surface area contributed by atoms with E-state index in [0.29, 0.717) is 37.0 Å². The molecule has 4 heterocycles. The van der Waals surface area contributed by atoms with E-state index in [1.807, 2.05) is 30.0 Å². The summed E-state index contributed by atoms with van der Waals surface area (Å²) in [7, 11) is 2.06. The number of carbonyl (C=O) groups excluding carboxylic acids is 2. The standard InChI is InChI=1S/C36H48N6O5/c1-24-34(47-23-37-24)22-46-32-9-7-27-20-41(14-11-26(27)17-32)21-31(44)8-10-33(45)28-18-35(38-29-12-15-42(16-13-29)25(2)43)39-36(19-28)40(3)30-5-4-6-30/h7,9,17-19,23,29-31,44H,4-6,8,10-16,20-22H2,1-3H3,(H,38,39)/t31-/m0/s1. The normalized spacial score (nSPS) is 17.9. The number of anilines is 2. The quantitative estimate of drug-likeness (QED) is 0.252. The summed E-state index contributed by atoms with van der Waals surface area (Å²) in [5.74, 6) is 3.17. The zero-order chi connectivity index (χ0) is 32.9. The first-order chi connectivity index (χ1) is 22.7. The Bertz CT molecular complexity index is 1550. The molecule has 0 radical (unpaired) electrons. The van der Waals surface area contributed by atoms with Crippen LogP contribution in [-0.4, -0.2) is 88.0 Å². The molecule has 0 spiro atoms. The number of benzene rings is 1. The summed E-state index contributed by atoms with van der Waals surface area (Å²) < 4.78 is 11.3. The van der Waals surface area contributed by atoms with Gasteiger partial charge in [-0.15, -0.1) is 0 Å². The van der Waals surface area contributed by atoms with Gasteiger partial charge in [-0.3, -0.25) is 14.5 Å². The van der Waals surface area contributed by atoms with E-state index in [0.717, 1.165) is 81.3 Å². The van der Waals surface area contributed by atoms with Crippen molar-refractivity contribution in [1.29, 1.82) is 0 Å². The fourth-order valence-corrected chi connectivity index (χ4v) is 6.72. The summed E-state index contributed by atoms with van der Waals surface area (Å²) in [5.41, 5.74) is 3.95. The second kappa shape index (κ2) is 14.9. The second-order valence-corrected chi connectivity index (χ2v) is 13.4. The SMILES string of the molecule is CC(=O)N1CCC(Nc2cc(C(=O)CC[C@H](O)CN3CCc4cc(OCc5ocnc5C)ccc4C3)cc(N(C)C3CCC3)n2)CC1. The van der Waals surface area contributed by atoms with Gasteiger partial charge < -0.3 is 29.4 Å². The van der Waals surface area contributed by atoms with Crippen molar-refractivity contribution in [1.82, 2.24) is 19.8 Å². The number of aliphatic hydroxyl groups is 1. The third-order valence-corrected chi connectivity index (χ3v) is 10.1. The third-order valence-electron chi connectivity index (χ3n) is 10.1. The highest BCUT2D eigenvalue weighted by molar-refractivity contribution is 5.97. The molecule has 2 aliphatic heterocycles. The number of likely N-dealkylation sites (tertiary alicyclic amines) is 1. The van der Waals surface area contributed by atoms with Gasteiger partial charge in [-0.25, -0.2) is 9.97 Å². The number of hydrogen-bond acceptors (Lipinski definition) is 10. The minimum atomic E-state index is -0.601. The van der Waals surface area contributed by atoms with Gasteiger partial charge in [-0.2, -0.15) is 0 Å². The zero-order valence-corrected chi connectivity index (χ0v) is 27.9. The maximum absolute atomic E-state index is 13.5. The van der Waals surface area contributed by atoms with Crippen LogP contribution in [0.2, 0.25) is 0 Å². The van der Waals surface area contributed by atoms with Crippen molar-refractivity contribution >= 4 is 23.3 Å². The van der Waals surface area contributed by atoms with E-state index >= 15 is 0 Å². The number of oxazole rings is 1. The number of amides is 1. The average molecular weight is 645 g/mol. The number of aliphatic hydroxyl groups excluding tert-OH is 1. The first-order valence-corrected chi connectivity index (χ1v) is 17.1. The van der Waals surface area contributed by atoms with Crippen LogP contribution in [0.1, 0.15) is 84.8 Å². The van der Waals surface area contributed by atoms with E-state index in [4.69, 9.17) is 14.1 Å². The Hall–Kier alpha value is -3.96. The van der Waals surface area contributed by atoms with Crippen molar-refractivity contribution < 1.29 is 23.8 Å². The van der Waals surface area contributed by atoms with Crippen molar-refractivity contribution in [3.63, 3.8) is 0 Å². The number of pyridine rings is 1. The molecule has 2 N–H and O–H groups in total. The molecule has 1 atom stereocenters. The van der Waals surface area contributed by atoms with Gasteiger partial charge >= 0.3 is 0 Å². The lowest BCUT2D eigenvalue weighted by Gasteiger charge is -2.36. The van der Waals surface area contributed by atoms with Crippen LogP contribution in [0.3, 0.4) is 0 Å². The fourth-order valence-electron chi connectivity index (χ4n) is 6.72. The predicted octanol–water partition coefficient (Wildman–Crippen LogP) is 4.75. The molecule has 11 heteroatoms. The van der Waals surface area contributed by atoms with Gasteiger partial charge in [0.25, 0.3) is 0 Å². The highest BCUT2D eigenvalue weighted by atomic mass is 16.5. The topological polar surface area (TPSA) is 124 Å². The number of piperidine rings is 1. The summed E-state index contributed by atoms with van der Waals surface area (Å²) in [6.45, 7) is 7.42. The average Bonchev–Trinajstić information content (AvgIpc) is 3.46. The highest BCUT2D eigenvalue weighted by Crippen LogP contribution is 2.30. The number of β-amino-alcohol motifs (C(OH)–C–C–N with tert-alkyl or cyclic N) is 1. The van der Waals surface area contributed by atoms with Gasteiger partial charge in [0.1, 0.15) is 24.0 Å². The van der Waals surface area contributed by atoms with Crippen molar-refractivity contribution in [3.05, 3.63) is 64.9 Å². The van der Waals surface area contributed by atoms with Crippen LogP contribution in [0.5, 0.6) is 5.75 Å². The fraction of sp³-hybridized carbons (Fsp3) is 0.556. The van der Waals surface area contributed by atoms with Crippen molar-refractivity contribution in [2.24, 2.45) is 0 Å². The van der Waals surface area contributed by atoms with Crippen LogP contribution >= 0.6 is 0 Å². The number of nitrogens with one attached hydrogen (secondary N) is 1. The molecule has 2 fully saturated rings. The Labute approximate surface area is 277 Å². The number of rotatable bonds is 13. The molecule has 1 saturated heterocycles. The summed E-state index contributed by atoms with van der Waals surface area (Å²) >= 11 is 0. The van der Waals surface area contributed by atoms with E-state index in [-0.39, 0.29) is 24.2 Å². The maximum Gasteiger partial charge on any atom is 0.219 e. The van der Waals surface area contributed by atoms with Gasteiger partial charge in [-0.1, -0.05) is 6.07 Å². The lowest BCUT2D eigenvalue weighted by Crippen LogP contribution is -2.41. The van der Waals surface area contributed by atoms with E-state index in [9.17, 15) is 14.7 Å². The lowest BCUT2D eigenvalue weighted by molar-refractivity contribution is -0.129. The molecule has 2 aromatic heterocycles. The molecule has 3 aromatic rings. The number of fused-ring (bicyclic) bond motifs is 1. The van der Waals surface area contributed by atoms with Crippen LogP contribution in [0.4, 0.5) is 11.6 Å². The minimum absolute atomic E-state index is 0.0150. The third kappa shape index (κ3) is 8.31. The lowest BCUT2D eigenvalue weighted by atomic mass is 9.92. The van der Waals surface area contributed by atoms with Crippen LogP contribution in [-0.2, 0) is 24.4 Å². The second-order valence-electron chi connectivity index (χ2n) is 13.4. The maximum atomic E-state index is 13.5. The number of ketones is 1. The van der Waals surface area contributed by atoms with E-state index in [1.165, 1.54) is 23.9 Å². The van der Waals surface area contributed by atoms with E-state index in [2.05, 4.69) is 39.3 Å². The largest absolute Gasteiger partial charge is 0.486 e. The number of nitrogens with zero attached hydrogens (tertiary/aromatic N) is 5. The van der Waals surface area contributed by atoms with Gasteiger partial charge in [0.15, 0.2) is 17.9 Å². The predicted molar refractivity (Wildman–Crippen MR) is 180 cm³/mol. The monoisotopic (exact) mass is 644 g/mol. The molecule has 0 bridgehead atoms. The van der Waals surface area contributed by atoms with E-state index in [1.54, 1.807) is 6.92 Å². The number of aromatic nitrogens is 2. The smallest absolute Gasteiger partial charge is 0.219 e. The zero-order valence-electron chi connectivity index (χ0n) is 27.9. The molecular weight excluding hydrogens is 596 g/mol. The Morgan fingerprint density at radius 3 is 2.64 bits per heavy atom. The van der Waals surface area contributed by atoms with Gasteiger partial charge in [0.05, 0.1) is 11.8 Å². The first kappa shape index (κ1) is 33.0. The molecule has 11 nitrogen and oxygen atoms in total. The summed E-state index contributed by atoms with van der Waals surface area (Å²) in [5, 5.41) is 14.5. The number of ether oxygens (including phenoxy) is 1. The molecule has 252 valence electrons. The van der Waals surface area contributed by atoms with Crippen molar-refractivity contribution in [3.8, 4) is 5.75 Å². The van der Waals surface area contributed by atoms with Crippen molar-refractivity contribution in [2.75, 3.05) is 43.4 Å². The Kier molecular flexibility index (Phi) is 10.4. The van der Waals surface area contributed by atoms with Crippen molar-refractivity contribution in [2.45, 2.75) is 96.6 Å². The highest BCUT2D eigenvalue weighted by Gasteiger charge is 2.26. The molecule has 1 amide bonds. The van der Waals surface area contributed by atoms with E-state index < -0.39 is 6.10 Å². The van der Waals surface area contributed by atoms with Gasteiger partial charge in [0.2, 0.25) is 5.91 Å². The molecular formula is C36H48N6O5. The van der Waals surface area contributed by atoms with Gasteiger partial charge in [0, 0.05) is 70.8 Å². The molecule has 3 aliphatic rings. The summed E-state index contributed by atoms with van der Waals surface area (Å²) in [6.07, 6.45) is 7.55. The van der Waals surface area contributed by atoms with Gasteiger partial charge in [-0.05, 0) is 87.3 Å². The van der Waals surface area contributed by atoms with Crippen LogP contribution in [0.25, 0.3) is 0 Å². The molecule has 1 aromatic carbocycles. The summed E-state index contributed by atoms with van der Waals surface area (Å²) in [6, 6.07) is 10.6. The molecule has 47 heavy (non-hydrogen) atoms. The molecule has 6 rings (SSSR count). The Balaban J connectivity index is 1.02. The minimum Gasteiger partial charge on any atom is -0.486 e. The van der Waals surface area contributed by atoms with Crippen LogP contribution in [0, 0.1) is 6.92 Å². The molecule has 1 aliphatic carbocycles. The molecule has 0 unspecified atom stereocenters. The van der Waals surface area contributed by atoms with Crippen LogP contribution in [0.15, 0.2) is 41.1 Å². The van der Waals surface area contributed by atoms with Crippen LogP contribution < -0.4 is 15.0 Å². The first-order valence-electron chi connectivity index (χ1n) is 17.1. The number of hydrogen-bond donors (Lipinski definition) is 2. The molecule has 1 saturated carbocycles. The summed E-state index contributed by atoms with van der Waals surface area (Å²) in [4.78, 5) is 40.6.